The van der Waals surface area contributed by atoms with Crippen molar-refractivity contribution in [2.24, 2.45) is 5.92 Å². The van der Waals surface area contributed by atoms with Gasteiger partial charge < -0.3 is 20.1 Å². The molecule has 0 aliphatic carbocycles. The molecular weight excluding hydrogens is 474 g/mol. The molecule has 0 bridgehead atoms. The standard InChI is InChI=1S/C20H22BrN3O5S/c1-28-8-4-7-23-15(25)11-30-19-14(10-22)16(12-5-3-6-13(21)9-12)17(18(26)24-19)20(27)29-2/h3,5-6,9,16-17H,4,7-8,11H2,1-2H3,(H,23,25)(H,24,26)/t16-,17-/m0/s1. The van der Waals surface area contributed by atoms with Crippen molar-refractivity contribution in [3.8, 4) is 6.07 Å². The molecule has 10 heteroatoms. The lowest BCUT2D eigenvalue weighted by Crippen LogP contribution is -2.44. The molecule has 0 spiro atoms. The number of halogens is 1. The Morgan fingerprint density at radius 1 is 1.37 bits per heavy atom. The maximum absolute atomic E-state index is 12.7. The van der Waals surface area contributed by atoms with Crippen molar-refractivity contribution in [3.63, 3.8) is 0 Å². The van der Waals surface area contributed by atoms with Gasteiger partial charge >= 0.3 is 5.97 Å². The van der Waals surface area contributed by atoms with Gasteiger partial charge in [-0.1, -0.05) is 39.8 Å². The van der Waals surface area contributed by atoms with E-state index >= 15 is 0 Å². The topological polar surface area (TPSA) is 118 Å². The molecule has 0 aromatic heterocycles. The van der Waals surface area contributed by atoms with Crippen molar-refractivity contribution in [1.82, 2.24) is 10.6 Å². The van der Waals surface area contributed by atoms with Crippen LogP contribution in [-0.2, 0) is 23.9 Å². The number of hydrogen-bond donors (Lipinski definition) is 2. The van der Waals surface area contributed by atoms with E-state index in [1.807, 2.05) is 0 Å². The van der Waals surface area contributed by atoms with Crippen molar-refractivity contribution < 1.29 is 23.9 Å². The number of allylic oxidation sites excluding steroid dienone is 1. The van der Waals surface area contributed by atoms with E-state index in [0.29, 0.717) is 25.1 Å². The third kappa shape index (κ3) is 6.08. The van der Waals surface area contributed by atoms with Gasteiger partial charge in [-0.05, 0) is 24.1 Å². The fourth-order valence-electron chi connectivity index (χ4n) is 3.01. The number of nitriles is 1. The molecule has 1 aliphatic rings. The second kappa shape index (κ2) is 11.7. The maximum Gasteiger partial charge on any atom is 0.319 e. The lowest BCUT2D eigenvalue weighted by molar-refractivity contribution is -0.150. The van der Waals surface area contributed by atoms with Gasteiger partial charge in [0.25, 0.3) is 0 Å². The Kier molecular flexibility index (Phi) is 9.36. The van der Waals surface area contributed by atoms with Crippen molar-refractivity contribution in [2.75, 3.05) is 33.1 Å². The van der Waals surface area contributed by atoms with E-state index in [1.165, 1.54) is 7.11 Å². The Bertz CT molecular complexity index is 883. The predicted octanol–water partition coefficient (Wildman–Crippen LogP) is 2.07. The van der Waals surface area contributed by atoms with Gasteiger partial charge in [0.2, 0.25) is 11.8 Å². The van der Waals surface area contributed by atoms with Crippen LogP contribution in [0.15, 0.2) is 39.3 Å². The minimum atomic E-state index is -1.20. The molecule has 30 heavy (non-hydrogen) atoms. The van der Waals surface area contributed by atoms with E-state index in [4.69, 9.17) is 9.47 Å². The Morgan fingerprint density at radius 3 is 2.77 bits per heavy atom. The molecule has 0 saturated heterocycles. The fourth-order valence-corrected chi connectivity index (χ4v) is 4.31. The summed E-state index contributed by atoms with van der Waals surface area (Å²) in [6.07, 6.45) is 0.682. The fraction of sp³-hybridized carbons (Fsp3) is 0.400. The highest BCUT2D eigenvalue weighted by Gasteiger charge is 2.44. The molecule has 2 amide bonds. The van der Waals surface area contributed by atoms with E-state index < -0.39 is 23.7 Å². The van der Waals surface area contributed by atoms with Crippen molar-refractivity contribution in [1.29, 1.82) is 5.26 Å². The second-order valence-electron chi connectivity index (χ2n) is 6.36. The minimum absolute atomic E-state index is 0.0157. The number of thioether (sulfide) groups is 1. The monoisotopic (exact) mass is 495 g/mol. The van der Waals surface area contributed by atoms with Crippen LogP contribution in [0.4, 0.5) is 0 Å². The van der Waals surface area contributed by atoms with Gasteiger partial charge in [-0.3, -0.25) is 14.4 Å². The number of amides is 2. The maximum atomic E-state index is 12.7. The van der Waals surface area contributed by atoms with E-state index in [9.17, 15) is 19.6 Å². The minimum Gasteiger partial charge on any atom is -0.468 e. The summed E-state index contributed by atoms with van der Waals surface area (Å²) in [5.41, 5.74) is 0.827. The van der Waals surface area contributed by atoms with Crippen LogP contribution < -0.4 is 10.6 Å². The molecule has 1 heterocycles. The number of ether oxygens (including phenoxy) is 2. The summed E-state index contributed by atoms with van der Waals surface area (Å²) < 4.78 is 10.5. The zero-order valence-electron chi connectivity index (χ0n) is 16.6. The molecule has 0 fully saturated rings. The number of carbonyl (C=O) groups is 3. The Hall–Kier alpha value is -2.35. The molecule has 2 rings (SSSR count). The summed E-state index contributed by atoms with van der Waals surface area (Å²) in [6, 6.07) is 9.17. The number of benzene rings is 1. The third-order valence-electron chi connectivity index (χ3n) is 4.39. The number of methoxy groups -OCH3 is 2. The Balaban J connectivity index is 2.30. The number of nitrogens with one attached hydrogen (secondary N) is 2. The predicted molar refractivity (Wildman–Crippen MR) is 115 cm³/mol. The van der Waals surface area contributed by atoms with E-state index in [-0.39, 0.29) is 22.3 Å². The molecule has 2 N–H and O–H groups in total. The molecule has 8 nitrogen and oxygen atoms in total. The number of hydrogen-bond acceptors (Lipinski definition) is 7. The Morgan fingerprint density at radius 2 is 2.13 bits per heavy atom. The van der Waals surface area contributed by atoms with Crippen LogP contribution in [0, 0.1) is 17.2 Å². The van der Waals surface area contributed by atoms with E-state index in [1.54, 1.807) is 31.4 Å². The molecule has 1 aromatic carbocycles. The van der Waals surface area contributed by atoms with Crippen molar-refractivity contribution in [3.05, 3.63) is 44.9 Å². The van der Waals surface area contributed by atoms with Gasteiger partial charge in [0.05, 0.1) is 29.5 Å². The average Bonchev–Trinajstić information content (AvgIpc) is 2.74. The SMILES string of the molecule is COCCCNC(=O)CSC1=C(C#N)[C@H](c2cccc(Br)c2)[C@H](C(=O)OC)C(=O)N1. The summed E-state index contributed by atoms with van der Waals surface area (Å²) in [5, 5.41) is 15.4. The first-order chi connectivity index (χ1) is 14.4. The zero-order chi connectivity index (χ0) is 22.1. The van der Waals surface area contributed by atoms with Gasteiger partial charge in [0.15, 0.2) is 0 Å². The second-order valence-corrected chi connectivity index (χ2v) is 8.26. The van der Waals surface area contributed by atoms with Crippen LogP contribution >= 0.6 is 27.7 Å². The van der Waals surface area contributed by atoms with Gasteiger partial charge in [-0.25, -0.2) is 0 Å². The molecule has 0 saturated carbocycles. The van der Waals surface area contributed by atoms with E-state index in [0.717, 1.165) is 16.2 Å². The van der Waals surface area contributed by atoms with Gasteiger partial charge in [-0.2, -0.15) is 5.26 Å². The molecule has 1 aliphatic heterocycles. The molecule has 0 radical (unpaired) electrons. The highest BCUT2D eigenvalue weighted by molar-refractivity contribution is 9.10. The van der Waals surface area contributed by atoms with E-state index in [2.05, 4.69) is 32.6 Å². The smallest absolute Gasteiger partial charge is 0.319 e. The highest BCUT2D eigenvalue weighted by atomic mass is 79.9. The average molecular weight is 496 g/mol. The quantitative estimate of drug-likeness (QED) is 0.305. The normalized spacial score (nSPS) is 18.4. The van der Waals surface area contributed by atoms with Crippen LogP contribution in [0.2, 0.25) is 0 Å². The number of rotatable bonds is 9. The van der Waals surface area contributed by atoms with Gasteiger partial charge in [0.1, 0.15) is 5.92 Å². The largest absolute Gasteiger partial charge is 0.468 e. The van der Waals surface area contributed by atoms with Crippen molar-refractivity contribution >= 4 is 45.5 Å². The third-order valence-corrected chi connectivity index (χ3v) is 5.90. The number of nitrogens with zero attached hydrogens (tertiary/aromatic N) is 1. The molecular formula is C20H22BrN3O5S. The summed E-state index contributed by atoms with van der Waals surface area (Å²) in [5.74, 6) is -3.54. The lowest BCUT2D eigenvalue weighted by Gasteiger charge is -2.31. The van der Waals surface area contributed by atoms with Crippen LogP contribution in [0.1, 0.15) is 17.9 Å². The van der Waals surface area contributed by atoms with Gasteiger partial charge in [0, 0.05) is 30.7 Å². The Labute approximate surface area is 187 Å². The number of carbonyl (C=O) groups excluding carboxylic acids is 3. The number of esters is 1. The van der Waals surface area contributed by atoms with Gasteiger partial charge in [-0.15, -0.1) is 0 Å². The van der Waals surface area contributed by atoms with Crippen LogP contribution in [0.3, 0.4) is 0 Å². The summed E-state index contributed by atoms with van der Waals surface area (Å²) in [4.78, 5) is 37.1. The molecule has 1 aromatic rings. The van der Waals surface area contributed by atoms with Crippen LogP contribution in [0.25, 0.3) is 0 Å². The van der Waals surface area contributed by atoms with Crippen molar-refractivity contribution in [2.45, 2.75) is 12.3 Å². The van der Waals surface area contributed by atoms with Crippen LogP contribution in [-0.4, -0.2) is 50.9 Å². The summed E-state index contributed by atoms with van der Waals surface area (Å²) in [7, 11) is 2.78. The van der Waals surface area contributed by atoms with Crippen LogP contribution in [0.5, 0.6) is 0 Å². The summed E-state index contributed by atoms with van der Waals surface area (Å²) in [6.45, 7) is 1.01. The molecule has 0 unspecified atom stereocenters. The first-order valence-corrected chi connectivity index (χ1v) is 10.9. The lowest BCUT2D eigenvalue weighted by atomic mass is 9.78. The molecule has 160 valence electrons. The zero-order valence-corrected chi connectivity index (χ0v) is 19.0. The first-order valence-electron chi connectivity index (χ1n) is 9.09. The highest BCUT2D eigenvalue weighted by Crippen LogP contribution is 2.40. The first kappa shape index (κ1) is 23.9. The molecule has 2 atom stereocenters. The summed E-state index contributed by atoms with van der Waals surface area (Å²) >= 11 is 4.42.